The molecule has 2 unspecified atom stereocenters. The van der Waals surface area contributed by atoms with Crippen molar-refractivity contribution in [3.8, 4) is 11.5 Å². The van der Waals surface area contributed by atoms with Gasteiger partial charge in [-0.05, 0) is 31.4 Å². The Kier molecular flexibility index (Phi) is 4.04. The van der Waals surface area contributed by atoms with E-state index in [1.165, 1.54) is 0 Å². The molecule has 2 aromatic heterocycles. The number of rotatable bonds is 5. The summed E-state index contributed by atoms with van der Waals surface area (Å²) in [6.07, 6.45) is 4.17. The molecule has 4 rings (SSSR count). The first-order valence-electron chi connectivity index (χ1n) is 8.63. The Balaban J connectivity index is 1.66. The topological polar surface area (TPSA) is 101 Å². The molecule has 0 bridgehead atoms. The van der Waals surface area contributed by atoms with Crippen molar-refractivity contribution in [2.75, 3.05) is 5.32 Å². The molecular formula is C17H21N5O3. The van der Waals surface area contributed by atoms with E-state index in [2.05, 4.69) is 21.0 Å². The molecule has 2 aliphatic rings. The van der Waals surface area contributed by atoms with Gasteiger partial charge in [0.2, 0.25) is 11.8 Å². The maximum Gasteiger partial charge on any atom is 0.228 e. The van der Waals surface area contributed by atoms with Crippen LogP contribution in [0.25, 0.3) is 11.5 Å². The highest BCUT2D eigenvalue weighted by Crippen LogP contribution is 2.31. The fourth-order valence-corrected chi connectivity index (χ4v) is 2.96. The highest BCUT2D eigenvalue weighted by atomic mass is 16.3. The van der Waals surface area contributed by atoms with Gasteiger partial charge in [-0.2, -0.15) is 5.10 Å². The van der Waals surface area contributed by atoms with Crippen LogP contribution in [0.15, 0.2) is 28.9 Å². The van der Waals surface area contributed by atoms with Gasteiger partial charge in [-0.1, -0.05) is 6.92 Å². The highest BCUT2D eigenvalue weighted by molar-refractivity contribution is 5.93. The van der Waals surface area contributed by atoms with Crippen molar-refractivity contribution in [3.05, 3.63) is 24.5 Å². The lowest BCUT2D eigenvalue weighted by Gasteiger charge is -2.31. The van der Waals surface area contributed by atoms with Gasteiger partial charge in [0, 0.05) is 24.4 Å². The Morgan fingerprint density at radius 3 is 3.00 bits per heavy atom. The molecule has 8 heteroatoms. The first kappa shape index (κ1) is 15.9. The number of nitrogens with one attached hydrogen (secondary N) is 3. The molecular weight excluding hydrogens is 322 g/mol. The summed E-state index contributed by atoms with van der Waals surface area (Å²) in [4.78, 5) is 24.2. The molecule has 8 nitrogen and oxygen atoms in total. The van der Waals surface area contributed by atoms with Gasteiger partial charge >= 0.3 is 0 Å². The highest BCUT2D eigenvalue weighted by Gasteiger charge is 2.32. The van der Waals surface area contributed by atoms with Gasteiger partial charge in [0.15, 0.2) is 12.0 Å². The molecule has 1 aliphatic heterocycles. The van der Waals surface area contributed by atoms with E-state index < -0.39 is 6.29 Å². The summed E-state index contributed by atoms with van der Waals surface area (Å²) in [5.74, 6) is 1.17. The Labute approximate surface area is 145 Å². The standard InChI is InChI=1S/C17H21N5O3/c1-2-11-8-15(23)20-17(18-11)22-14(19-16(24)10-5-6-10)9-12(21-22)13-4-3-7-25-13/h3-4,7,9-11,17-18H,2,5-6,8H2,1H3,(H,19,24)(H,20,23). The first-order chi connectivity index (χ1) is 12.1. The van der Waals surface area contributed by atoms with Gasteiger partial charge in [-0.3, -0.25) is 14.9 Å². The van der Waals surface area contributed by atoms with Crippen molar-refractivity contribution in [2.45, 2.75) is 44.9 Å². The SMILES string of the molecule is CCC1CC(=O)NC(n2nc(-c3ccco3)cc2NC(=O)C2CC2)N1. The van der Waals surface area contributed by atoms with Crippen LogP contribution in [0.5, 0.6) is 0 Å². The quantitative estimate of drug-likeness (QED) is 0.769. The lowest BCUT2D eigenvalue weighted by Crippen LogP contribution is -2.53. The van der Waals surface area contributed by atoms with Crippen LogP contribution < -0.4 is 16.0 Å². The molecule has 25 heavy (non-hydrogen) atoms. The van der Waals surface area contributed by atoms with Crippen molar-refractivity contribution in [2.24, 2.45) is 5.92 Å². The zero-order chi connectivity index (χ0) is 17.4. The first-order valence-corrected chi connectivity index (χ1v) is 8.63. The number of aromatic nitrogens is 2. The number of carbonyl (C=O) groups is 2. The normalized spacial score (nSPS) is 23.3. The number of amides is 2. The van der Waals surface area contributed by atoms with Gasteiger partial charge < -0.3 is 15.1 Å². The predicted octanol–water partition coefficient (Wildman–Crippen LogP) is 1.84. The summed E-state index contributed by atoms with van der Waals surface area (Å²) >= 11 is 0. The van der Waals surface area contributed by atoms with Gasteiger partial charge in [-0.15, -0.1) is 0 Å². The van der Waals surface area contributed by atoms with Crippen molar-refractivity contribution in [1.29, 1.82) is 0 Å². The number of furan rings is 1. The molecule has 132 valence electrons. The van der Waals surface area contributed by atoms with Crippen LogP contribution >= 0.6 is 0 Å². The molecule has 0 spiro atoms. The minimum atomic E-state index is -0.510. The summed E-state index contributed by atoms with van der Waals surface area (Å²) in [6, 6.07) is 5.43. The van der Waals surface area contributed by atoms with E-state index >= 15 is 0 Å². The fourth-order valence-electron chi connectivity index (χ4n) is 2.96. The molecule has 0 radical (unpaired) electrons. The van der Waals surface area contributed by atoms with Crippen LogP contribution in [0.1, 0.15) is 38.9 Å². The van der Waals surface area contributed by atoms with Crippen LogP contribution in [0, 0.1) is 5.92 Å². The second-order valence-corrected chi connectivity index (χ2v) is 6.55. The van der Waals surface area contributed by atoms with E-state index in [-0.39, 0.29) is 23.8 Å². The Hall–Kier alpha value is -2.61. The lowest BCUT2D eigenvalue weighted by molar-refractivity contribution is -0.125. The van der Waals surface area contributed by atoms with Crippen LogP contribution in [0.2, 0.25) is 0 Å². The van der Waals surface area contributed by atoms with Crippen LogP contribution in [-0.2, 0) is 9.59 Å². The number of nitrogens with zero attached hydrogens (tertiary/aromatic N) is 2. The molecule has 2 fully saturated rings. The van der Waals surface area contributed by atoms with Gasteiger partial charge in [0.1, 0.15) is 11.5 Å². The Morgan fingerprint density at radius 1 is 1.48 bits per heavy atom. The van der Waals surface area contributed by atoms with E-state index in [1.54, 1.807) is 29.1 Å². The van der Waals surface area contributed by atoms with Crippen LogP contribution in [-0.4, -0.2) is 27.6 Å². The maximum atomic E-state index is 12.2. The zero-order valence-corrected chi connectivity index (χ0v) is 14.0. The van der Waals surface area contributed by atoms with E-state index in [9.17, 15) is 9.59 Å². The second kappa shape index (κ2) is 6.36. The molecule has 1 aliphatic carbocycles. The van der Waals surface area contributed by atoms with Gasteiger partial charge in [0.25, 0.3) is 0 Å². The smallest absolute Gasteiger partial charge is 0.228 e. The van der Waals surface area contributed by atoms with E-state index in [0.717, 1.165) is 19.3 Å². The third-order valence-electron chi connectivity index (χ3n) is 4.57. The Bertz CT molecular complexity index is 778. The summed E-state index contributed by atoms with van der Waals surface area (Å²) < 4.78 is 7.02. The minimum Gasteiger partial charge on any atom is -0.463 e. The van der Waals surface area contributed by atoms with E-state index in [1.807, 2.05) is 6.92 Å². The van der Waals surface area contributed by atoms with Crippen molar-refractivity contribution in [1.82, 2.24) is 20.4 Å². The van der Waals surface area contributed by atoms with Crippen molar-refractivity contribution in [3.63, 3.8) is 0 Å². The monoisotopic (exact) mass is 343 g/mol. The lowest BCUT2D eigenvalue weighted by atomic mass is 10.1. The molecule has 2 aromatic rings. The summed E-state index contributed by atoms with van der Waals surface area (Å²) in [6.45, 7) is 2.03. The predicted molar refractivity (Wildman–Crippen MR) is 90.3 cm³/mol. The van der Waals surface area contributed by atoms with Gasteiger partial charge in [-0.25, -0.2) is 4.68 Å². The second-order valence-electron chi connectivity index (χ2n) is 6.55. The summed E-state index contributed by atoms with van der Waals surface area (Å²) in [7, 11) is 0. The molecule has 3 heterocycles. The summed E-state index contributed by atoms with van der Waals surface area (Å²) in [5.41, 5.74) is 0.603. The van der Waals surface area contributed by atoms with Crippen molar-refractivity contribution < 1.29 is 14.0 Å². The molecule has 2 amide bonds. The third-order valence-corrected chi connectivity index (χ3v) is 4.57. The zero-order valence-electron chi connectivity index (χ0n) is 14.0. The minimum absolute atomic E-state index is 0.0127. The summed E-state index contributed by atoms with van der Waals surface area (Å²) in [5, 5.41) is 13.7. The molecule has 1 saturated heterocycles. The van der Waals surface area contributed by atoms with E-state index in [4.69, 9.17) is 4.42 Å². The molecule has 1 saturated carbocycles. The molecule has 3 N–H and O–H groups in total. The average Bonchev–Trinajstić information content (AvgIpc) is 3.15. The Morgan fingerprint density at radius 2 is 2.32 bits per heavy atom. The largest absolute Gasteiger partial charge is 0.463 e. The third kappa shape index (κ3) is 3.30. The number of anilines is 1. The fraction of sp³-hybridized carbons (Fsp3) is 0.471. The van der Waals surface area contributed by atoms with Crippen molar-refractivity contribution >= 4 is 17.6 Å². The molecule has 2 atom stereocenters. The number of hydrogen-bond donors (Lipinski definition) is 3. The van der Waals surface area contributed by atoms with Crippen LogP contribution in [0.3, 0.4) is 0 Å². The van der Waals surface area contributed by atoms with E-state index in [0.29, 0.717) is 23.7 Å². The van der Waals surface area contributed by atoms with Gasteiger partial charge in [0.05, 0.1) is 6.26 Å². The molecule has 0 aromatic carbocycles. The average molecular weight is 343 g/mol. The number of hydrogen-bond acceptors (Lipinski definition) is 5. The number of carbonyl (C=O) groups excluding carboxylic acids is 2. The van der Waals surface area contributed by atoms with Crippen LogP contribution in [0.4, 0.5) is 5.82 Å². The maximum absolute atomic E-state index is 12.2.